The van der Waals surface area contributed by atoms with Gasteiger partial charge >= 0.3 is 0 Å². The van der Waals surface area contributed by atoms with Gasteiger partial charge in [0.15, 0.2) is 0 Å². The highest BCUT2D eigenvalue weighted by Crippen LogP contribution is 2.21. The largest absolute Gasteiger partial charge is 0.376 e. The lowest BCUT2D eigenvalue weighted by Gasteiger charge is -2.14. The van der Waals surface area contributed by atoms with Crippen molar-refractivity contribution in [2.24, 2.45) is 0 Å². The third kappa shape index (κ3) is 4.83. The van der Waals surface area contributed by atoms with E-state index in [0.717, 1.165) is 16.8 Å². The van der Waals surface area contributed by atoms with Gasteiger partial charge in [0.1, 0.15) is 0 Å². The van der Waals surface area contributed by atoms with E-state index in [-0.39, 0.29) is 18.4 Å². The molecule has 0 aliphatic heterocycles. The summed E-state index contributed by atoms with van der Waals surface area (Å²) in [6, 6.07) is 11.1. The first-order chi connectivity index (χ1) is 11.8. The predicted octanol–water partition coefficient (Wildman–Crippen LogP) is 3.36. The van der Waals surface area contributed by atoms with Crippen LogP contribution in [0.3, 0.4) is 0 Å². The van der Waals surface area contributed by atoms with Gasteiger partial charge in [0.2, 0.25) is 5.91 Å². The molecule has 0 spiro atoms. The Bertz CT molecular complexity index is 774. The number of anilines is 2. The second-order valence-electron chi connectivity index (χ2n) is 6.46. The molecule has 2 aromatic carbocycles. The van der Waals surface area contributed by atoms with E-state index in [4.69, 9.17) is 0 Å². The Morgan fingerprint density at radius 1 is 1.00 bits per heavy atom. The summed E-state index contributed by atoms with van der Waals surface area (Å²) in [5, 5.41) is 6.02. The fraction of sp³-hybridized carbons (Fsp3) is 0.300. The van der Waals surface area contributed by atoms with E-state index in [0.29, 0.717) is 11.3 Å². The maximum atomic E-state index is 12.2. The van der Waals surface area contributed by atoms with Crippen molar-refractivity contribution >= 4 is 23.2 Å². The Morgan fingerprint density at radius 3 is 2.24 bits per heavy atom. The van der Waals surface area contributed by atoms with E-state index in [1.165, 1.54) is 10.5 Å². The fourth-order valence-corrected chi connectivity index (χ4v) is 2.82. The van der Waals surface area contributed by atoms with Crippen molar-refractivity contribution in [3.63, 3.8) is 0 Å². The summed E-state index contributed by atoms with van der Waals surface area (Å²) < 4.78 is 0. The van der Waals surface area contributed by atoms with E-state index in [2.05, 4.69) is 29.7 Å². The minimum absolute atomic E-state index is 0.0971. The number of hydrogen-bond donors (Lipinski definition) is 2. The molecular weight excluding hydrogens is 314 g/mol. The molecule has 0 bridgehead atoms. The highest BCUT2D eigenvalue weighted by Gasteiger charge is 2.10. The molecule has 132 valence electrons. The van der Waals surface area contributed by atoms with Crippen molar-refractivity contribution in [1.29, 1.82) is 0 Å². The molecule has 5 heteroatoms. The summed E-state index contributed by atoms with van der Waals surface area (Å²) in [5.74, 6) is -0.256. The van der Waals surface area contributed by atoms with Crippen molar-refractivity contribution in [2.45, 2.75) is 20.8 Å². The molecular formula is C20H25N3O2. The molecule has 0 fully saturated rings. The number of hydrogen-bond acceptors (Lipinski definition) is 3. The highest BCUT2D eigenvalue weighted by molar-refractivity contribution is 5.98. The van der Waals surface area contributed by atoms with E-state index in [1.54, 1.807) is 38.4 Å². The SMILES string of the molecule is Cc1cc(C)c(NCC(=O)Nc2cccc(C(=O)N(C)C)c2)c(C)c1. The van der Waals surface area contributed by atoms with E-state index in [9.17, 15) is 9.59 Å². The van der Waals surface area contributed by atoms with Gasteiger partial charge in [0.05, 0.1) is 6.54 Å². The summed E-state index contributed by atoms with van der Waals surface area (Å²) in [4.78, 5) is 25.7. The number of nitrogens with one attached hydrogen (secondary N) is 2. The van der Waals surface area contributed by atoms with Crippen LogP contribution in [0.1, 0.15) is 27.0 Å². The molecule has 0 radical (unpaired) electrons. The van der Waals surface area contributed by atoms with Gasteiger partial charge in [-0.05, 0) is 50.1 Å². The Balaban J connectivity index is 2.02. The van der Waals surface area contributed by atoms with Crippen molar-refractivity contribution in [2.75, 3.05) is 31.3 Å². The van der Waals surface area contributed by atoms with Crippen molar-refractivity contribution in [1.82, 2.24) is 4.90 Å². The smallest absolute Gasteiger partial charge is 0.253 e. The molecule has 0 unspecified atom stereocenters. The molecule has 5 nitrogen and oxygen atoms in total. The third-order valence-electron chi connectivity index (χ3n) is 3.90. The lowest BCUT2D eigenvalue weighted by atomic mass is 10.1. The van der Waals surface area contributed by atoms with Crippen LogP contribution in [-0.2, 0) is 4.79 Å². The number of carbonyl (C=O) groups excluding carboxylic acids is 2. The molecule has 0 aliphatic carbocycles. The average molecular weight is 339 g/mol. The lowest BCUT2D eigenvalue weighted by Crippen LogP contribution is -2.24. The Kier molecular flexibility index (Phi) is 5.80. The zero-order valence-corrected chi connectivity index (χ0v) is 15.4. The summed E-state index contributed by atoms with van der Waals surface area (Å²) in [5.41, 5.74) is 5.57. The monoisotopic (exact) mass is 339 g/mol. The van der Waals surface area contributed by atoms with Gasteiger partial charge in [-0.3, -0.25) is 9.59 Å². The first-order valence-electron chi connectivity index (χ1n) is 8.21. The molecule has 0 heterocycles. The maximum absolute atomic E-state index is 12.2. The first-order valence-corrected chi connectivity index (χ1v) is 8.21. The highest BCUT2D eigenvalue weighted by atomic mass is 16.2. The van der Waals surface area contributed by atoms with Gasteiger partial charge in [-0.15, -0.1) is 0 Å². The molecule has 0 saturated heterocycles. The normalized spacial score (nSPS) is 10.3. The number of nitrogens with zero attached hydrogens (tertiary/aromatic N) is 1. The van der Waals surface area contributed by atoms with Gasteiger partial charge in [-0.2, -0.15) is 0 Å². The van der Waals surface area contributed by atoms with Gasteiger partial charge in [-0.1, -0.05) is 23.8 Å². The number of aryl methyl sites for hydroxylation is 3. The van der Waals surface area contributed by atoms with Crippen LogP contribution in [0.2, 0.25) is 0 Å². The van der Waals surface area contributed by atoms with Crippen molar-refractivity contribution in [3.8, 4) is 0 Å². The molecule has 2 aromatic rings. The minimum atomic E-state index is -0.158. The average Bonchev–Trinajstić information content (AvgIpc) is 2.53. The van der Waals surface area contributed by atoms with Crippen LogP contribution >= 0.6 is 0 Å². The first kappa shape index (κ1) is 18.5. The number of benzene rings is 2. The predicted molar refractivity (Wildman–Crippen MR) is 102 cm³/mol. The quantitative estimate of drug-likeness (QED) is 0.878. The van der Waals surface area contributed by atoms with Crippen LogP contribution in [0.25, 0.3) is 0 Å². The number of rotatable bonds is 5. The zero-order chi connectivity index (χ0) is 18.6. The molecule has 2 N–H and O–H groups in total. The minimum Gasteiger partial charge on any atom is -0.376 e. The molecule has 0 atom stereocenters. The summed E-state index contributed by atoms with van der Waals surface area (Å²) >= 11 is 0. The Morgan fingerprint density at radius 2 is 1.64 bits per heavy atom. The number of amides is 2. The van der Waals surface area contributed by atoms with E-state index in [1.807, 2.05) is 13.8 Å². The lowest BCUT2D eigenvalue weighted by molar-refractivity contribution is -0.114. The van der Waals surface area contributed by atoms with Crippen molar-refractivity contribution in [3.05, 3.63) is 58.7 Å². The van der Waals surface area contributed by atoms with Crippen LogP contribution in [0, 0.1) is 20.8 Å². The molecule has 0 aliphatic rings. The second kappa shape index (κ2) is 7.83. The molecule has 0 aromatic heterocycles. The maximum Gasteiger partial charge on any atom is 0.253 e. The van der Waals surface area contributed by atoms with Gasteiger partial charge < -0.3 is 15.5 Å². The summed E-state index contributed by atoms with van der Waals surface area (Å²) in [6.45, 7) is 6.27. The fourth-order valence-electron chi connectivity index (χ4n) is 2.82. The molecule has 25 heavy (non-hydrogen) atoms. The van der Waals surface area contributed by atoms with Gasteiger partial charge in [-0.25, -0.2) is 0 Å². The second-order valence-corrected chi connectivity index (χ2v) is 6.46. The third-order valence-corrected chi connectivity index (χ3v) is 3.90. The number of carbonyl (C=O) groups is 2. The summed E-state index contributed by atoms with van der Waals surface area (Å²) in [6.07, 6.45) is 0. The van der Waals surface area contributed by atoms with Crippen LogP contribution in [-0.4, -0.2) is 37.4 Å². The van der Waals surface area contributed by atoms with E-state index < -0.39 is 0 Å². The van der Waals surface area contributed by atoms with Crippen LogP contribution in [0.4, 0.5) is 11.4 Å². The van der Waals surface area contributed by atoms with Crippen LogP contribution in [0.5, 0.6) is 0 Å². The van der Waals surface area contributed by atoms with Crippen LogP contribution in [0.15, 0.2) is 36.4 Å². The topological polar surface area (TPSA) is 61.4 Å². The van der Waals surface area contributed by atoms with Gasteiger partial charge in [0, 0.05) is 31.0 Å². The van der Waals surface area contributed by atoms with Crippen molar-refractivity contribution < 1.29 is 9.59 Å². The molecule has 2 amide bonds. The Hall–Kier alpha value is -2.82. The van der Waals surface area contributed by atoms with Crippen LogP contribution < -0.4 is 10.6 Å². The Labute approximate surface area is 149 Å². The standard InChI is InChI=1S/C20H25N3O2/c1-13-9-14(2)19(15(3)10-13)21-12-18(24)22-17-8-6-7-16(11-17)20(25)23(4)5/h6-11,21H,12H2,1-5H3,(H,22,24). The van der Waals surface area contributed by atoms with Gasteiger partial charge in [0.25, 0.3) is 5.91 Å². The zero-order valence-electron chi connectivity index (χ0n) is 15.4. The molecule has 2 rings (SSSR count). The molecule has 0 saturated carbocycles. The van der Waals surface area contributed by atoms with E-state index >= 15 is 0 Å². The summed E-state index contributed by atoms with van der Waals surface area (Å²) in [7, 11) is 3.40.